The van der Waals surface area contributed by atoms with Gasteiger partial charge in [0.25, 0.3) is 0 Å². The Morgan fingerprint density at radius 3 is 2.86 bits per heavy atom. The van der Waals surface area contributed by atoms with Crippen molar-refractivity contribution in [2.45, 2.75) is 19.4 Å². The molecular formula is C19H25N5O4. The molecule has 28 heavy (non-hydrogen) atoms. The van der Waals surface area contributed by atoms with Gasteiger partial charge in [-0.15, -0.1) is 0 Å². The predicted octanol–water partition coefficient (Wildman–Crippen LogP) is 0.410. The molecule has 4 rings (SSSR count). The van der Waals surface area contributed by atoms with Crippen molar-refractivity contribution in [1.29, 1.82) is 0 Å². The quantitative estimate of drug-likeness (QED) is 0.766. The van der Waals surface area contributed by atoms with Crippen LogP contribution in [-0.4, -0.2) is 77.9 Å². The van der Waals surface area contributed by atoms with E-state index in [0.717, 1.165) is 38.4 Å². The lowest BCUT2D eigenvalue weighted by Crippen LogP contribution is -2.49. The smallest absolute Gasteiger partial charge is 0.225 e. The molecule has 150 valence electrons. The van der Waals surface area contributed by atoms with Gasteiger partial charge in [0.1, 0.15) is 11.0 Å². The summed E-state index contributed by atoms with van der Waals surface area (Å²) in [5.41, 5.74) is 2.30. The Morgan fingerprint density at radius 2 is 2.00 bits per heavy atom. The molecule has 9 nitrogen and oxygen atoms in total. The van der Waals surface area contributed by atoms with E-state index >= 15 is 0 Å². The highest BCUT2D eigenvalue weighted by Crippen LogP contribution is 2.18. The van der Waals surface area contributed by atoms with Crippen LogP contribution in [0, 0.1) is 5.92 Å². The number of likely N-dealkylation sites (tertiary alicyclic amines) is 1. The highest BCUT2D eigenvalue weighted by Gasteiger charge is 2.30. The van der Waals surface area contributed by atoms with E-state index in [-0.39, 0.29) is 17.7 Å². The fourth-order valence-electron chi connectivity index (χ4n) is 3.70. The number of ether oxygens (including phenoxy) is 1. The molecule has 2 aromatic rings. The van der Waals surface area contributed by atoms with Gasteiger partial charge in [-0.25, -0.2) is 4.63 Å². The molecule has 0 bridgehead atoms. The van der Waals surface area contributed by atoms with Crippen LogP contribution in [0.4, 0.5) is 0 Å². The van der Waals surface area contributed by atoms with Crippen LogP contribution >= 0.6 is 0 Å². The molecule has 1 aromatic heterocycles. The zero-order chi connectivity index (χ0) is 19.3. The number of nitrogens with zero attached hydrogens (tertiary/aromatic N) is 4. The Bertz CT molecular complexity index is 833. The summed E-state index contributed by atoms with van der Waals surface area (Å²) < 4.78 is 10.0. The molecule has 1 atom stereocenters. The maximum Gasteiger partial charge on any atom is 0.225 e. The first-order chi connectivity index (χ1) is 13.7. The van der Waals surface area contributed by atoms with Gasteiger partial charge in [0.15, 0.2) is 0 Å². The third kappa shape index (κ3) is 4.48. The Kier molecular flexibility index (Phi) is 5.82. The van der Waals surface area contributed by atoms with Gasteiger partial charge in [-0.05, 0) is 34.4 Å². The minimum Gasteiger partial charge on any atom is -0.379 e. The molecule has 1 aromatic carbocycles. The Labute approximate surface area is 162 Å². The molecule has 0 saturated carbocycles. The topological polar surface area (TPSA) is 101 Å². The first-order valence-electron chi connectivity index (χ1n) is 9.76. The van der Waals surface area contributed by atoms with E-state index < -0.39 is 0 Å². The van der Waals surface area contributed by atoms with Crippen LogP contribution in [-0.2, 0) is 20.9 Å². The van der Waals surface area contributed by atoms with Crippen LogP contribution in [0.1, 0.15) is 18.4 Å². The summed E-state index contributed by atoms with van der Waals surface area (Å²) >= 11 is 0. The third-order valence-electron chi connectivity index (χ3n) is 5.45. The lowest BCUT2D eigenvalue weighted by Gasteiger charge is -2.34. The number of hydrogen-bond donors (Lipinski definition) is 1. The van der Waals surface area contributed by atoms with Crippen molar-refractivity contribution >= 4 is 22.8 Å². The molecule has 2 aliphatic heterocycles. The number of morpholine rings is 1. The SMILES string of the molecule is O=C(NCc1ccc2nonc2c1)C1CCC(=O)N(CCN2CCOCC2)C1. The van der Waals surface area contributed by atoms with Crippen molar-refractivity contribution in [3.63, 3.8) is 0 Å². The highest BCUT2D eigenvalue weighted by atomic mass is 16.6. The van der Waals surface area contributed by atoms with Gasteiger partial charge in [0.05, 0.1) is 19.1 Å². The molecule has 9 heteroatoms. The molecule has 1 N–H and O–H groups in total. The van der Waals surface area contributed by atoms with Gasteiger partial charge < -0.3 is 15.0 Å². The van der Waals surface area contributed by atoms with E-state index in [1.165, 1.54) is 0 Å². The third-order valence-corrected chi connectivity index (χ3v) is 5.45. The Hall–Kier alpha value is -2.52. The van der Waals surface area contributed by atoms with E-state index in [0.29, 0.717) is 43.5 Å². The Balaban J connectivity index is 1.27. The summed E-state index contributed by atoms with van der Waals surface area (Å²) in [7, 11) is 0. The summed E-state index contributed by atoms with van der Waals surface area (Å²) in [6, 6.07) is 5.57. The number of fused-ring (bicyclic) bond motifs is 1. The van der Waals surface area contributed by atoms with Crippen molar-refractivity contribution in [3.8, 4) is 0 Å². The second-order valence-electron chi connectivity index (χ2n) is 7.33. The normalized spacial score (nSPS) is 21.2. The van der Waals surface area contributed by atoms with Crippen molar-refractivity contribution in [2.75, 3.05) is 45.9 Å². The number of amides is 2. The average molecular weight is 387 g/mol. The zero-order valence-electron chi connectivity index (χ0n) is 15.8. The fraction of sp³-hybridized carbons (Fsp3) is 0.579. The summed E-state index contributed by atoms with van der Waals surface area (Å²) in [6.07, 6.45) is 1.03. The summed E-state index contributed by atoms with van der Waals surface area (Å²) in [5.74, 6) is -0.0385. The van der Waals surface area contributed by atoms with Crippen LogP contribution in [0.3, 0.4) is 0 Å². The average Bonchev–Trinajstić information content (AvgIpc) is 3.20. The van der Waals surface area contributed by atoms with Gasteiger partial charge >= 0.3 is 0 Å². The summed E-state index contributed by atoms with van der Waals surface area (Å²) in [5, 5.41) is 10.6. The largest absolute Gasteiger partial charge is 0.379 e. The minimum atomic E-state index is -0.167. The van der Waals surface area contributed by atoms with Crippen molar-refractivity contribution in [1.82, 2.24) is 25.4 Å². The molecule has 1 unspecified atom stereocenters. The minimum absolute atomic E-state index is 0.0118. The number of aromatic nitrogens is 2. The van der Waals surface area contributed by atoms with E-state index in [9.17, 15) is 9.59 Å². The van der Waals surface area contributed by atoms with E-state index in [2.05, 4.69) is 20.5 Å². The van der Waals surface area contributed by atoms with Crippen molar-refractivity contribution in [2.24, 2.45) is 5.92 Å². The molecule has 2 amide bonds. The lowest BCUT2D eigenvalue weighted by atomic mass is 9.96. The number of nitrogens with one attached hydrogen (secondary N) is 1. The molecule has 2 fully saturated rings. The summed E-state index contributed by atoms with van der Waals surface area (Å²) in [4.78, 5) is 29.0. The van der Waals surface area contributed by atoms with Crippen LogP contribution < -0.4 is 5.32 Å². The number of hydrogen-bond acceptors (Lipinski definition) is 7. The first-order valence-corrected chi connectivity index (χ1v) is 9.76. The number of rotatable bonds is 6. The standard InChI is InChI=1S/C19H25N5O4/c25-18-4-2-15(13-24(18)6-5-23-7-9-27-10-8-23)19(26)20-12-14-1-3-16-17(11-14)22-28-21-16/h1,3,11,15H,2,4-10,12-13H2,(H,20,26). The second kappa shape index (κ2) is 8.66. The number of benzene rings is 1. The second-order valence-corrected chi connectivity index (χ2v) is 7.33. The van der Waals surface area contributed by atoms with Gasteiger partial charge in [-0.3, -0.25) is 14.5 Å². The number of carbonyl (C=O) groups excluding carboxylic acids is 2. The van der Waals surface area contributed by atoms with Gasteiger partial charge in [0.2, 0.25) is 11.8 Å². The van der Waals surface area contributed by atoms with Gasteiger partial charge in [0, 0.05) is 45.7 Å². The molecule has 3 heterocycles. The highest BCUT2D eigenvalue weighted by molar-refractivity contribution is 5.84. The van der Waals surface area contributed by atoms with Crippen LogP contribution in [0.15, 0.2) is 22.8 Å². The van der Waals surface area contributed by atoms with Crippen molar-refractivity contribution < 1.29 is 19.0 Å². The van der Waals surface area contributed by atoms with E-state index in [4.69, 9.17) is 9.37 Å². The monoisotopic (exact) mass is 387 g/mol. The number of piperidine rings is 1. The van der Waals surface area contributed by atoms with Gasteiger partial charge in [-0.2, -0.15) is 0 Å². The predicted molar refractivity (Wildman–Crippen MR) is 100 cm³/mol. The van der Waals surface area contributed by atoms with Crippen LogP contribution in [0.25, 0.3) is 11.0 Å². The molecule has 2 aliphatic rings. The van der Waals surface area contributed by atoms with Crippen LogP contribution in [0.5, 0.6) is 0 Å². The molecule has 2 saturated heterocycles. The van der Waals surface area contributed by atoms with E-state index in [1.807, 2.05) is 23.1 Å². The van der Waals surface area contributed by atoms with Crippen LogP contribution in [0.2, 0.25) is 0 Å². The zero-order valence-corrected chi connectivity index (χ0v) is 15.8. The first kappa shape index (κ1) is 18.8. The molecule has 0 spiro atoms. The lowest BCUT2D eigenvalue weighted by molar-refractivity contribution is -0.138. The van der Waals surface area contributed by atoms with Crippen molar-refractivity contribution in [3.05, 3.63) is 23.8 Å². The maximum absolute atomic E-state index is 12.6. The van der Waals surface area contributed by atoms with E-state index in [1.54, 1.807) is 0 Å². The van der Waals surface area contributed by atoms with Gasteiger partial charge in [-0.1, -0.05) is 6.07 Å². The molecule has 0 aliphatic carbocycles. The molecule has 0 radical (unpaired) electrons. The number of carbonyl (C=O) groups is 2. The molecular weight excluding hydrogens is 362 g/mol. The Morgan fingerprint density at radius 1 is 1.18 bits per heavy atom. The maximum atomic E-state index is 12.6. The summed E-state index contributed by atoms with van der Waals surface area (Å²) in [6.45, 7) is 5.69. The fourth-order valence-corrected chi connectivity index (χ4v) is 3.70.